The Bertz CT molecular complexity index is 634. The van der Waals surface area contributed by atoms with Gasteiger partial charge in [-0.3, -0.25) is 9.59 Å². The van der Waals surface area contributed by atoms with E-state index in [1.165, 1.54) is 10.6 Å². The number of nitrogens with one attached hydrogen (secondary N) is 1. The molecule has 6 nitrogen and oxygen atoms in total. The van der Waals surface area contributed by atoms with Gasteiger partial charge in [-0.1, -0.05) is 0 Å². The highest BCUT2D eigenvalue weighted by Crippen LogP contribution is 2.28. The molecule has 1 saturated carbocycles. The Kier molecular flexibility index (Phi) is 7.31. The third-order valence-corrected chi connectivity index (χ3v) is 4.63. The highest BCUT2D eigenvalue weighted by Gasteiger charge is 2.28. The number of pyridine rings is 1. The molecule has 1 amide bonds. The van der Waals surface area contributed by atoms with Gasteiger partial charge in [0.1, 0.15) is 5.75 Å². The second-order valence-corrected chi connectivity index (χ2v) is 7.58. The smallest absolute Gasteiger partial charge is 0.254 e. The van der Waals surface area contributed by atoms with Gasteiger partial charge in [0.25, 0.3) is 5.56 Å². The molecule has 8 heteroatoms. The third kappa shape index (κ3) is 5.50. The third-order valence-electron chi connectivity index (χ3n) is 4.03. The summed E-state index contributed by atoms with van der Waals surface area (Å²) in [5, 5.41) is 2.99. The van der Waals surface area contributed by atoms with E-state index in [4.69, 9.17) is 10.5 Å². The van der Waals surface area contributed by atoms with E-state index in [0.717, 1.165) is 30.2 Å². The van der Waals surface area contributed by atoms with Gasteiger partial charge in [-0.05, 0) is 55.5 Å². The Morgan fingerprint density at radius 2 is 1.96 bits per heavy atom. The molecule has 2 rings (SSSR count). The Balaban J connectivity index is 0.00000288. The van der Waals surface area contributed by atoms with Gasteiger partial charge in [-0.15, -0.1) is 12.4 Å². The molecule has 1 aromatic heterocycles. The van der Waals surface area contributed by atoms with E-state index >= 15 is 0 Å². The summed E-state index contributed by atoms with van der Waals surface area (Å²) in [6.45, 7) is 3.40. The van der Waals surface area contributed by atoms with E-state index in [9.17, 15) is 9.59 Å². The fourth-order valence-electron chi connectivity index (χ4n) is 2.55. The monoisotopic (exact) mass is 421 g/mol. The SMILES string of the molecule is Cl.Cn1cc(Br)c(OC2CCC(NC(=O)C(C)(C)N)CC2)cc1=O. The molecule has 0 unspecified atom stereocenters. The number of halogens is 2. The summed E-state index contributed by atoms with van der Waals surface area (Å²) in [5.74, 6) is 0.444. The van der Waals surface area contributed by atoms with E-state index in [2.05, 4.69) is 21.2 Å². The molecule has 1 aliphatic carbocycles. The van der Waals surface area contributed by atoms with E-state index in [0.29, 0.717) is 5.75 Å². The first-order valence-electron chi connectivity index (χ1n) is 7.79. The highest BCUT2D eigenvalue weighted by atomic mass is 79.9. The Morgan fingerprint density at radius 3 is 2.50 bits per heavy atom. The molecule has 1 aromatic rings. The van der Waals surface area contributed by atoms with Crippen LogP contribution >= 0.6 is 28.3 Å². The molecule has 0 radical (unpaired) electrons. The number of nitrogens with zero attached hydrogens (tertiary/aromatic N) is 1. The van der Waals surface area contributed by atoms with Crippen molar-refractivity contribution in [2.24, 2.45) is 12.8 Å². The topological polar surface area (TPSA) is 86.3 Å². The van der Waals surface area contributed by atoms with Crippen molar-refractivity contribution in [1.29, 1.82) is 0 Å². The maximum atomic E-state index is 11.9. The Labute approximate surface area is 156 Å². The summed E-state index contributed by atoms with van der Waals surface area (Å²) >= 11 is 3.42. The van der Waals surface area contributed by atoms with Crippen LogP contribution in [0.1, 0.15) is 39.5 Å². The van der Waals surface area contributed by atoms with Crippen LogP contribution in [0.2, 0.25) is 0 Å². The van der Waals surface area contributed by atoms with Crippen LogP contribution in [0, 0.1) is 0 Å². The molecule has 3 N–H and O–H groups in total. The maximum absolute atomic E-state index is 11.9. The van der Waals surface area contributed by atoms with Gasteiger partial charge in [0.15, 0.2) is 0 Å². The maximum Gasteiger partial charge on any atom is 0.254 e. The number of carbonyl (C=O) groups excluding carboxylic acids is 1. The minimum Gasteiger partial charge on any atom is -0.489 e. The van der Waals surface area contributed by atoms with Crippen molar-refractivity contribution in [3.05, 3.63) is 27.1 Å². The van der Waals surface area contributed by atoms with Crippen molar-refractivity contribution in [1.82, 2.24) is 9.88 Å². The molecule has 0 spiro atoms. The Hall–Kier alpha value is -1.05. The molecule has 0 saturated heterocycles. The predicted octanol–water partition coefficient (Wildman–Crippen LogP) is 2.11. The first-order valence-corrected chi connectivity index (χ1v) is 8.59. The molecule has 24 heavy (non-hydrogen) atoms. The van der Waals surface area contributed by atoms with Crippen LogP contribution in [0.15, 0.2) is 21.5 Å². The average molecular weight is 423 g/mol. The molecule has 0 aromatic carbocycles. The normalized spacial score (nSPS) is 20.9. The van der Waals surface area contributed by atoms with Crippen LogP contribution < -0.4 is 21.3 Å². The van der Waals surface area contributed by atoms with Gasteiger partial charge in [0, 0.05) is 25.4 Å². The number of rotatable bonds is 4. The van der Waals surface area contributed by atoms with Crippen LogP contribution in [-0.2, 0) is 11.8 Å². The number of hydrogen-bond donors (Lipinski definition) is 2. The zero-order valence-electron chi connectivity index (χ0n) is 14.2. The number of aromatic nitrogens is 1. The fourth-order valence-corrected chi connectivity index (χ4v) is 3.06. The molecule has 0 bridgehead atoms. The van der Waals surface area contributed by atoms with Crippen molar-refractivity contribution < 1.29 is 9.53 Å². The van der Waals surface area contributed by atoms with Gasteiger partial charge in [-0.2, -0.15) is 0 Å². The molecule has 0 atom stereocenters. The second-order valence-electron chi connectivity index (χ2n) is 6.72. The lowest BCUT2D eigenvalue weighted by Gasteiger charge is -2.31. The summed E-state index contributed by atoms with van der Waals surface area (Å²) in [6.07, 6.45) is 5.10. The first kappa shape index (κ1) is 21.0. The van der Waals surface area contributed by atoms with Gasteiger partial charge in [0.2, 0.25) is 5.91 Å². The van der Waals surface area contributed by atoms with E-state index < -0.39 is 5.54 Å². The quantitative estimate of drug-likeness (QED) is 0.778. The zero-order valence-corrected chi connectivity index (χ0v) is 16.6. The number of ether oxygens (including phenoxy) is 1. The summed E-state index contributed by atoms with van der Waals surface area (Å²) < 4.78 is 8.21. The van der Waals surface area contributed by atoms with Crippen LogP contribution in [0.25, 0.3) is 0 Å². The van der Waals surface area contributed by atoms with Gasteiger partial charge in [0.05, 0.1) is 16.1 Å². The minimum absolute atomic E-state index is 0. The van der Waals surface area contributed by atoms with Crippen molar-refractivity contribution in [3.63, 3.8) is 0 Å². The number of amides is 1. The molecule has 136 valence electrons. The van der Waals surface area contributed by atoms with Crippen LogP contribution in [0.4, 0.5) is 0 Å². The van der Waals surface area contributed by atoms with Gasteiger partial charge < -0.3 is 20.4 Å². The molecule has 1 aliphatic rings. The zero-order chi connectivity index (χ0) is 17.2. The number of nitrogens with two attached hydrogens (primary N) is 1. The molecular formula is C16H25BrClN3O3. The number of carbonyl (C=O) groups is 1. The van der Waals surface area contributed by atoms with E-state index in [1.807, 2.05) is 0 Å². The molecule has 1 fully saturated rings. The van der Waals surface area contributed by atoms with Gasteiger partial charge >= 0.3 is 0 Å². The van der Waals surface area contributed by atoms with Crippen LogP contribution in [0.3, 0.4) is 0 Å². The van der Waals surface area contributed by atoms with Crippen LogP contribution in [0.5, 0.6) is 5.75 Å². The summed E-state index contributed by atoms with van der Waals surface area (Å²) in [6, 6.07) is 1.63. The van der Waals surface area contributed by atoms with Crippen molar-refractivity contribution in [2.45, 2.75) is 57.2 Å². The summed E-state index contributed by atoms with van der Waals surface area (Å²) in [4.78, 5) is 23.6. The lowest BCUT2D eigenvalue weighted by Crippen LogP contribution is -2.53. The largest absolute Gasteiger partial charge is 0.489 e. The molecule has 1 heterocycles. The Morgan fingerprint density at radius 1 is 1.38 bits per heavy atom. The second kappa shape index (κ2) is 8.36. The van der Waals surface area contributed by atoms with Crippen molar-refractivity contribution in [3.8, 4) is 5.75 Å². The van der Waals surface area contributed by atoms with E-state index in [1.54, 1.807) is 27.1 Å². The standard InChI is InChI=1S/C16H24BrN3O3.ClH/c1-16(2,18)15(22)19-10-4-6-11(7-5-10)23-13-8-14(21)20(3)9-12(13)17;/h8-11H,4-7,18H2,1-3H3,(H,19,22);1H. The molecular weight excluding hydrogens is 398 g/mol. The number of hydrogen-bond acceptors (Lipinski definition) is 4. The fraction of sp³-hybridized carbons (Fsp3) is 0.625. The average Bonchev–Trinajstić information content (AvgIpc) is 2.45. The minimum atomic E-state index is -0.859. The predicted molar refractivity (Wildman–Crippen MR) is 99.7 cm³/mol. The molecule has 0 aliphatic heterocycles. The van der Waals surface area contributed by atoms with Crippen molar-refractivity contribution >= 4 is 34.2 Å². The number of aryl methyl sites for hydroxylation is 1. The summed E-state index contributed by atoms with van der Waals surface area (Å²) in [7, 11) is 1.70. The van der Waals surface area contributed by atoms with Crippen LogP contribution in [-0.4, -0.2) is 28.2 Å². The first-order chi connectivity index (χ1) is 10.7. The van der Waals surface area contributed by atoms with E-state index in [-0.39, 0.29) is 36.0 Å². The highest BCUT2D eigenvalue weighted by molar-refractivity contribution is 9.10. The lowest BCUT2D eigenvalue weighted by molar-refractivity contribution is -0.126. The lowest BCUT2D eigenvalue weighted by atomic mass is 9.92. The summed E-state index contributed by atoms with van der Waals surface area (Å²) in [5.41, 5.74) is 4.83. The van der Waals surface area contributed by atoms with Crippen molar-refractivity contribution in [2.75, 3.05) is 0 Å². The van der Waals surface area contributed by atoms with Gasteiger partial charge in [-0.25, -0.2) is 0 Å².